The van der Waals surface area contributed by atoms with Crippen molar-refractivity contribution in [2.45, 2.75) is 31.6 Å². The monoisotopic (exact) mass is 170 g/mol. The Labute approximate surface area is 62.9 Å². The quantitative estimate of drug-likeness (QED) is 0.448. The molecule has 0 rings (SSSR count). The van der Waals surface area contributed by atoms with Gasteiger partial charge in [0, 0.05) is 6.42 Å². The Morgan fingerprint density at radius 3 is 2.27 bits per heavy atom. The summed E-state index contributed by atoms with van der Waals surface area (Å²) >= 11 is 0. The minimum Gasteiger partial charge on any atom is -0.243 e. The van der Waals surface area contributed by atoms with Crippen LogP contribution < -0.4 is 0 Å². The fourth-order valence-corrected chi connectivity index (χ4v) is 0.615. The second kappa shape index (κ2) is 4.36. The molecule has 0 spiro atoms. The van der Waals surface area contributed by atoms with Crippen molar-refractivity contribution in [2.24, 2.45) is 0 Å². The van der Waals surface area contributed by atoms with Crippen LogP contribution in [0.3, 0.4) is 0 Å². The van der Waals surface area contributed by atoms with Gasteiger partial charge in [-0.15, -0.1) is 6.58 Å². The molecule has 0 amide bonds. The molecule has 0 N–H and O–H groups in total. The van der Waals surface area contributed by atoms with Crippen LogP contribution in [0.1, 0.15) is 19.3 Å². The van der Waals surface area contributed by atoms with E-state index in [2.05, 4.69) is 6.58 Å². The molecule has 0 aromatic rings. The van der Waals surface area contributed by atoms with E-state index in [1.54, 1.807) is 0 Å². The summed E-state index contributed by atoms with van der Waals surface area (Å²) in [4.78, 5) is 0. The Hall–Kier alpha value is -0.540. The van der Waals surface area contributed by atoms with Crippen LogP contribution in [0.2, 0.25) is 0 Å². The first-order valence-corrected chi connectivity index (χ1v) is 3.29. The van der Waals surface area contributed by atoms with Gasteiger partial charge in [-0.2, -0.15) is 13.2 Å². The lowest BCUT2D eigenvalue weighted by Gasteiger charge is -2.05. The lowest BCUT2D eigenvalue weighted by Crippen LogP contribution is -2.07. The average Bonchev–Trinajstić information content (AvgIpc) is 1.85. The van der Waals surface area contributed by atoms with Gasteiger partial charge in [-0.1, -0.05) is 6.08 Å². The Morgan fingerprint density at radius 2 is 1.91 bits per heavy atom. The number of alkyl halides is 4. The molecule has 11 heavy (non-hydrogen) atoms. The van der Waals surface area contributed by atoms with Crippen LogP contribution in [-0.2, 0) is 0 Å². The molecule has 0 aromatic carbocycles. The summed E-state index contributed by atoms with van der Waals surface area (Å²) < 4.78 is 46.6. The molecule has 0 nitrogen and oxygen atoms in total. The molecule has 0 aliphatic carbocycles. The predicted molar refractivity (Wildman–Crippen MR) is 35.0 cm³/mol. The fourth-order valence-electron chi connectivity index (χ4n) is 0.615. The highest BCUT2D eigenvalue weighted by molar-refractivity contribution is 4.78. The maximum absolute atomic E-state index is 12.2. The van der Waals surface area contributed by atoms with E-state index in [0.717, 1.165) is 6.08 Å². The molecule has 0 fully saturated rings. The molecule has 0 radical (unpaired) electrons. The molecule has 0 bridgehead atoms. The Bertz CT molecular complexity index is 116. The first-order valence-electron chi connectivity index (χ1n) is 3.29. The SMILES string of the molecule is C=CC(F)CCCC(F)(F)F. The van der Waals surface area contributed by atoms with E-state index < -0.39 is 18.8 Å². The van der Waals surface area contributed by atoms with Crippen molar-refractivity contribution >= 4 is 0 Å². The summed E-state index contributed by atoms with van der Waals surface area (Å²) in [6, 6.07) is 0. The lowest BCUT2D eigenvalue weighted by molar-refractivity contribution is -0.135. The highest BCUT2D eigenvalue weighted by Gasteiger charge is 2.26. The standard InChI is InChI=1S/C7H10F4/c1-2-6(8)4-3-5-7(9,10)11/h2,6H,1,3-5H2. The second-order valence-electron chi connectivity index (χ2n) is 2.26. The number of hydrogen-bond acceptors (Lipinski definition) is 0. The fraction of sp³-hybridized carbons (Fsp3) is 0.714. The van der Waals surface area contributed by atoms with E-state index in [9.17, 15) is 17.6 Å². The van der Waals surface area contributed by atoms with E-state index in [0.29, 0.717) is 0 Å². The number of hydrogen-bond donors (Lipinski definition) is 0. The van der Waals surface area contributed by atoms with Crippen molar-refractivity contribution in [3.63, 3.8) is 0 Å². The normalized spacial score (nSPS) is 14.5. The molecule has 0 aliphatic rings. The second-order valence-corrected chi connectivity index (χ2v) is 2.26. The van der Waals surface area contributed by atoms with Crippen molar-refractivity contribution in [1.82, 2.24) is 0 Å². The summed E-state index contributed by atoms with van der Waals surface area (Å²) in [6.07, 6.45) is -5.64. The zero-order valence-electron chi connectivity index (χ0n) is 5.99. The third kappa shape index (κ3) is 7.36. The van der Waals surface area contributed by atoms with Gasteiger partial charge in [-0.05, 0) is 12.8 Å². The summed E-state index contributed by atoms with van der Waals surface area (Å²) in [5, 5.41) is 0. The molecule has 1 unspecified atom stereocenters. The van der Waals surface area contributed by atoms with Crippen LogP contribution in [0.4, 0.5) is 17.6 Å². The van der Waals surface area contributed by atoms with Crippen LogP contribution in [-0.4, -0.2) is 12.3 Å². The zero-order chi connectivity index (χ0) is 8.91. The third-order valence-corrected chi connectivity index (χ3v) is 1.20. The van der Waals surface area contributed by atoms with Crippen LogP contribution in [0.15, 0.2) is 12.7 Å². The van der Waals surface area contributed by atoms with Gasteiger partial charge >= 0.3 is 6.18 Å². The number of allylic oxidation sites excluding steroid dienone is 1. The van der Waals surface area contributed by atoms with Gasteiger partial charge in [0.1, 0.15) is 6.17 Å². The highest BCUT2D eigenvalue weighted by atomic mass is 19.4. The minimum atomic E-state index is -4.17. The highest BCUT2D eigenvalue weighted by Crippen LogP contribution is 2.23. The third-order valence-electron chi connectivity index (χ3n) is 1.20. The van der Waals surface area contributed by atoms with Crippen LogP contribution in [0, 0.1) is 0 Å². The molecule has 1 atom stereocenters. The molecular weight excluding hydrogens is 160 g/mol. The molecule has 0 heterocycles. The summed E-state index contributed by atoms with van der Waals surface area (Å²) in [5.41, 5.74) is 0. The van der Waals surface area contributed by atoms with Crippen molar-refractivity contribution in [1.29, 1.82) is 0 Å². The van der Waals surface area contributed by atoms with Crippen LogP contribution in [0.5, 0.6) is 0 Å². The zero-order valence-corrected chi connectivity index (χ0v) is 5.99. The maximum Gasteiger partial charge on any atom is 0.389 e. The first kappa shape index (κ1) is 10.5. The van der Waals surface area contributed by atoms with Crippen molar-refractivity contribution in [2.75, 3.05) is 0 Å². The van der Waals surface area contributed by atoms with Crippen LogP contribution in [0.25, 0.3) is 0 Å². The summed E-state index contributed by atoms with van der Waals surface area (Å²) in [5.74, 6) is 0. The van der Waals surface area contributed by atoms with E-state index in [1.165, 1.54) is 0 Å². The predicted octanol–water partition coefficient (Wildman–Crippen LogP) is 3.24. The Balaban J connectivity index is 3.35. The summed E-state index contributed by atoms with van der Waals surface area (Å²) in [6.45, 7) is 3.12. The van der Waals surface area contributed by atoms with Crippen LogP contribution >= 0.6 is 0 Å². The Morgan fingerprint density at radius 1 is 1.36 bits per heavy atom. The van der Waals surface area contributed by atoms with E-state index >= 15 is 0 Å². The minimum absolute atomic E-state index is 0.0942. The molecular formula is C7H10F4. The Kier molecular flexibility index (Phi) is 4.15. The molecule has 0 saturated heterocycles. The largest absolute Gasteiger partial charge is 0.389 e. The topological polar surface area (TPSA) is 0 Å². The summed E-state index contributed by atoms with van der Waals surface area (Å²) in [7, 11) is 0. The van der Waals surface area contributed by atoms with E-state index in [-0.39, 0.29) is 12.8 Å². The van der Waals surface area contributed by atoms with E-state index in [4.69, 9.17) is 0 Å². The van der Waals surface area contributed by atoms with Gasteiger partial charge in [0.2, 0.25) is 0 Å². The van der Waals surface area contributed by atoms with Gasteiger partial charge in [-0.3, -0.25) is 0 Å². The van der Waals surface area contributed by atoms with Gasteiger partial charge in [0.25, 0.3) is 0 Å². The molecule has 0 aliphatic heterocycles. The average molecular weight is 170 g/mol. The van der Waals surface area contributed by atoms with Gasteiger partial charge in [-0.25, -0.2) is 4.39 Å². The van der Waals surface area contributed by atoms with Crippen molar-refractivity contribution < 1.29 is 17.6 Å². The maximum atomic E-state index is 12.2. The molecule has 66 valence electrons. The van der Waals surface area contributed by atoms with Crippen molar-refractivity contribution in [3.8, 4) is 0 Å². The molecule has 4 heteroatoms. The first-order chi connectivity index (χ1) is 4.95. The number of halogens is 4. The van der Waals surface area contributed by atoms with Gasteiger partial charge < -0.3 is 0 Å². The van der Waals surface area contributed by atoms with Crippen molar-refractivity contribution in [3.05, 3.63) is 12.7 Å². The molecule has 0 aromatic heterocycles. The molecule has 0 saturated carbocycles. The van der Waals surface area contributed by atoms with Gasteiger partial charge in [0.15, 0.2) is 0 Å². The van der Waals surface area contributed by atoms with E-state index in [1.807, 2.05) is 0 Å². The van der Waals surface area contributed by atoms with Gasteiger partial charge in [0.05, 0.1) is 0 Å². The number of rotatable bonds is 4. The lowest BCUT2D eigenvalue weighted by atomic mass is 10.2. The smallest absolute Gasteiger partial charge is 0.243 e.